The average Bonchev–Trinajstić information content (AvgIpc) is 3.03. The topological polar surface area (TPSA) is 39.7 Å². The van der Waals surface area contributed by atoms with Gasteiger partial charge in [-0.1, -0.05) is 6.07 Å². The quantitative estimate of drug-likeness (QED) is 0.803. The number of guanidine groups is 1. The standard InChI is InChI=1S/C15H20N4/c1-10-5-6-13-14-11(3-2-4-12(10)14)9-19(13)18-15-16-7-8-17-15/h5-6,11H,2-4,7-9H2,1H3,(H2,16,17,18). The van der Waals surface area contributed by atoms with Crippen molar-refractivity contribution in [3.05, 3.63) is 28.8 Å². The second kappa shape index (κ2) is 4.15. The van der Waals surface area contributed by atoms with Crippen molar-refractivity contribution in [3.63, 3.8) is 0 Å². The Morgan fingerprint density at radius 3 is 3.21 bits per heavy atom. The zero-order valence-electron chi connectivity index (χ0n) is 11.4. The molecule has 2 aliphatic heterocycles. The highest BCUT2D eigenvalue weighted by molar-refractivity contribution is 5.83. The Balaban J connectivity index is 1.70. The second-order valence-corrected chi connectivity index (χ2v) is 5.76. The van der Waals surface area contributed by atoms with E-state index in [1.165, 1.54) is 30.5 Å². The number of hydrazine groups is 1. The van der Waals surface area contributed by atoms with Crippen molar-refractivity contribution in [2.75, 3.05) is 24.6 Å². The number of aryl methyl sites for hydroxylation is 1. The van der Waals surface area contributed by atoms with Crippen LogP contribution in [-0.2, 0) is 6.42 Å². The van der Waals surface area contributed by atoms with Crippen molar-refractivity contribution >= 4 is 11.6 Å². The summed E-state index contributed by atoms with van der Waals surface area (Å²) in [6, 6.07) is 4.53. The van der Waals surface area contributed by atoms with E-state index in [9.17, 15) is 0 Å². The number of benzene rings is 1. The Bertz CT molecular complexity index is 549. The Morgan fingerprint density at radius 1 is 1.42 bits per heavy atom. The minimum atomic E-state index is 0.702. The van der Waals surface area contributed by atoms with Crippen LogP contribution in [0.15, 0.2) is 17.1 Å². The highest BCUT2D eigenvalue weighted by Gasteiger charge is 2.34. The van der Waals surface area contributed by atoms with Crippen molar-refractivity contribution in [1.29, 1.82) is 0 Å². The summed E-state index contributed by atoms with van der Waals surface area (Å²) in [5, 5.41) is 5.57. The highest BCUT2D eigenvalue weighted by atomic mass is 15.6. The van der Waals surface area contributed by atoms with Gasteiger partial charge in [-0.25, -0.2) is 0 Å². The maximum absolute atomic E-state index is 4.43. The lowest BCUT2D eigenvalue weighted by Crippen LogP contribution is -2.46. The van der Waals surface area contributed by atoms with Gasteiger partial charge in [0.25, 0.3) is 0 Å². The molecule has 1 aliphatic carbocycles. The van der Waals surface area contributed by atoms with Gasteiger partial charge >= 0.3 is 0 Å². The first-order chi connectivity index (χ1) is 9.33. The molecular formula is C15H20N4. The largest absolute Gasteiger partial charge is 0.353 e. The first kappa shape index (κ1) is 11.1. The molecule has 4 rings (SSSR count). The second-order valence-electron chi connectivity index (χ2n) is 5.76. The summed E-state index contributed by atoms with van der Waals surface area (Å²) in [4.78, 5) is 4.43. The Hall–Kier alpha value is -1.71. The van der Waals surface area contributed by atoms with Crippen LogP contribution in [0.3, 0.4) is 0 Å². The molecule has 0 saturated carbocycles. The summed E-state index contributed by atoms with van der Waals surface area (Å²) in [6.45, 7) is 5.15. The summed E-state index contributed by atoms with van der Waals surface area (Å²) >= 11 is 0. The number of anilines is 1. The van der Waals surface area contributed by atoms with Crippen LogP contribution in [0.5, 0.6) is 0 Å². The first-order valence-corrected chi connectivity index (χ1v) is 7.28. The van der Waals surface area contributed by atoms with E-state index in [4.69, 9.17) is 0 Å². The van der Waals surface area contributed by atoms with Crippen LogP contribution in [-0.4, -0.2) is 25.6 Å². The third-order valence-corrected chi connectivity index (χ3v) is 4.56. The SMILES string of the molecule is Cc1ccc2c3c1CCCC3CN2NC1=NCCN1. The third kappa shape index (κ3) is 1.70. The summed E-state index contributed by atoms with van der Waals surface area (Å²) in [6.07, 6.45) is 3.90. The molecule has 4 heteroatoms. The van der Waals surface area contributed by atoms with E-state index in [2.05, 4.69) is 39.8 Å². The van der Waals surface area contributed by atoms with Crippen molar-refractivity contribution in [3.8, 4) is 0 Å². The van der Waals surface area contributed by atoms with E-state index in [1.807, 2.05) is 0 Å². The molecule has 0 amide bonds. The number of rotatable bonds is 1. The number of nitrogens with zero attached hydrogens (tertiary/aromatic N) is 2. The fourth-order valence-corrected chi connectivity index (χ4v) is 3.66. The first-order valence-electron chi connectivity index (χ1n) is 7.28. The lowest BCUT2D eigenvalue weighted by molar-refractivity contribution is 0.565. The van der Waals surface area contributed by atoms with Crippen molar-refractivity contribution in [2.45, 2.75) is 32.1 Å². The lowest BCUT2D eigenvalue weighted by atomic mass is 9.82. The van der Waals surface area contributed by atoms with Gasteiger partial charge in [-0.2, -0.15) is 0 Å². The van der Waals surface area contributed by atoms with Gasteiger partial charge in [0.1, 0.15) is 0 Å². The van der Waals surface area contributed by atoms with Gasteiger partial charge in [0, 0.05) is 19.0 Å². The summed E-state index contributed by atoms with van der Waals surface area (Å²) < 4.78 is 0. The van der Waals surface area contributed by atoms with Gasteiger partial charge < -0.3 is 5.32 Å². The van der Waals surface area contributed by atoms with Gasteiger partial charge in [-0.05, 0) is 48.9 Å². The molecule has 4 nitrogen and oxygen atoms in total. The van der Waals surface area contributed by atoms with Crippen molar-refractivity contribution < 1.29 is 0 Å². The number of aliphatic imine (C=N–C) groups is 1. The predicted molar refractivity (Wildman–Crippen MR) is 77.6 cm³/mol. The lowest BCUT2D eigenvalue weighted by Gasteiger charge is -2.22. The third-order valence-electron chi connectivity index (χ3n) is 4.56. The monoisotopic (exact) mass is 256 g/mol. The molecule has 0 radical (unpaired) electrons. The molecule has 1 atom stereocenters. The Kier molecular flexibility index (Phi) is 2.43. The molecule has 0 spiro atoms. The van der Waals surface area contributed by atoms with E-state index in [0.717, 1.165) is 25.6 Å². The zero-order valence-corrected chi connectivity index (χ0v) is 11.4. The predicted octanol–water partition coefficient (Wildman–Crippen LogP) is 1.70. The van der Waals surface area contributed by atoms with Crippen molar-refractivity contribution in [1.82, 2.24) is 10.7 Å². The molecule has 2 N–H and O–H groups in total. The summed E-state index contributed by atoms with van der Waals surface area (Å²) in [7, 11) is 0. The zero-order chi connectivity index (χ0) is 12.8. The van der Waals surface area contributed by atoms with Crippen LogP contribution in [0.2, 0.25) is 0 Å². The molecule has 2 heterocycles. The maximum atomic E-state index is 4.43. The normalized spacial score (nSPS) is 23.9. The molecule has 0 aromatic heterocycles. The molecular weight excluding hydrogens is 236 g/mol. The molecule has 1 unspecified atom stereocenters. The Labute approximate surface area is 113 Å². The van der Waals surface area contributed by atoms with Gasteiger partial charge in [0.2, 0.25) is 5.96 Å². The number of hydrogen-bond donors (Lipinski definition) is 2. The maximum Gasteiger partial charge on any atom is 0.210 e. The highest BCUT2D eigenvalue weighted by Crippen LogP contribution is 2.44. The molecule has 0 bridgehead atoms. The molecule has 3 aliphatic rings. The summed E-state index contributed by atoms with van der Waals surface area (Å²) in [5.74, 6) is 1.63. The molecule has 1 aromatic rings. The van der Waals surface area contributed by atoms with Crippen LogP contribution in [0.1, 0.15) is 35.4 Å². The Morgan fingerprint density at radius 2 is 2.37 bits per heavy atom. The fraction of sp³-hybridized carbons (Fsp3) is 0.533. The molecule has 0 fully saturated rings. The number of nitrogens with one attached hydrogen (secondary N) is 2. The van der Waals surface area contributed by atoms with E-state index < -0.39 is 0 Å². The van der Waals surface area contributed by atoms with Crippen LogP contribution in [0, 0.1) is 6.92 Å². The van der Waals surface area contributed by atoms with Gasteiger partial charge in [-0.3, -0.25) is 15.4 Å². The fourth-order valence-electron chi connectivity index (χ4n) is 3.66. The van der Waals surface area contributed by atoms with Crippen LogP contribution >= 0.6 is 0 Å². The van der Waals surface area contributed by atoms with Gasteiger partial charge in [0.05, 0.1) is 12.2 Å². The van der Waals surface area contributed by atoms with Crippen molar-refractivity contribution in [2.24, 2.45) is 4.99 Å². The van der Waals surface area contributed by atoms with Crippen LogP contribution in [0.4, 0.5) is 5.69 Å². The van der Waals surface area contributed by atoms with Crippen LogP contribution in [0.25, 0.3) is 0 Å². The van der Waals surface area contributed by atoms with Crippen LogP contribution < -0.4 is 15.8 Å². The van der Waals surface area contributed by atoms with E-state index >= 15 is 0 Å². The molecule has 19 heavy (non-hydrogen) atoms. The average molecular weight is 256 g/mol. The molecule has 0 saturated heterocycles. The number of hydrogen-bond acceptors (Lipinski definition) is 4. The van der Waals surface area contributed by atoms with E-state index in [-0.39, 0.29) is 0 Å². The minimum Gasteiger partial charge on any atom is -0.353 e. The van der Waals surface area contributed by atoms with Gasteiger partial charge in [0.15, 0.2) is 0 Å². The molecule has 1 aromatic carbocycles. The molecule has 100 valence electrons. The minimum absolute atomic E-state index is 0.702. The van der Waals surface area contributed by atoms with Gasteiger partial charge in [-0.15, -0.1) is 0 Å². The van der Waals surface area contributed by atoms with E-state index in [0.29, 0.717) is 5.92 Å². The summed E-state index contributed by atoms with van der Waals surface area (Å²) in [5.41, 5.74) is 9.46. The van der Waals surface area contributed by atoms with E-state index in [1.54, 1.807) is 11.1 Å². The smallest absolute Gasteiger partial charge is 0.210 e.